The lowest BCUT2D eigenvalue weighted by Gasteiger charge is -2.12. The zero-order valence-electron chi connectivity index (χ0n) is 15.7. The van der Waals surface area contributed by atoms with Gasteiger partial charge in [-0.2, -0.15) is 5.10 Å². The van der Waals surface area contributed by atoms with E-state index in [2.05, 4.69) is 75.9 Å². The van der Waals surface area contributed by atoms with Crippen LogP contribution in [0.15, 0.2) is 79.4 Å². The van der Waals surface area contributed by atoms with Crippen LogP contribution in [0.4, 0.5) is 0 Å². The number of hydrogen-bond acceptors (Lipinski definition) is 3. The van der Waals surface area contributed by atoms with Gasteiger partial charge in [-0.15, -0.1) is 0 Å². The molecule has 0 aliphatic heterocycles. The molecule has 0 saturated heterocycles. The number of imidazole rings is 1. The Labute approximate surface area is 162 Å². The second-order valence-corrected chi connectivity index (χ2v) is 6.89. The number of benzene rings is 3. The van der Waals surface area contributed by atoms with Crippen molar-refractivity contribution in [1.29, 1.82) is 0 Å². The molecule has 0 amide bonds. The second-order valence-electron chi connectivity index (χ2n) is 6.89. The molecule has 0 bridgehead atoms. The Balaban J connectivity index is 1.69. The van der Waals surface area contributed by atoms with Crippen molar-refractivity contribution in [2.45, 2.75) is 13.8 Å². The number of para-hydroxylation sites is 2. The molecule has 0 N–H and O–H groups in total. The summed E-state index contributed by atoms with van der Waals surface area (Å²) < 4.78 is 4.02. The smallest absolute Gasteiger partial charge is 0.163 e. The predicted molar refractivity (Wildman–Crippen MR) is 111 cm³/mol. The molecule has 0 spiro atoms. The highest BCUT2D eigenvalue weighted by atomic mass is 15.3. The van der Waals surface area contributed by atoms with Gasteiger partial charge in [-0.05, 0) is 55.3 Å². The van der Waals surface area contributed by atoms with E-state index < -0.39 is 0 Å². The van der Waals surface area contributed by atoms with Crippen LogP contribution >= 0.6 is 0 Å². The molecular formula is C23H19N5. The van der Waals surface area contributed by atoms with Gasteiger partial charge in [0.25, 0.3) is 0 Å². The van der Waals surface area contributed by atoms with E-state index in [4.69, 9.17) is 0 Å². The van der Waals surface area contributed by atoms with Crippen molar-refractivity contribution in [3.63, 3.8) is 0 Å². The fourth-order valence-electron chi connectivity index (χ4n) is 3.68. The first-order valence-corrected chi connectivity index (χ1v) is 9.22. The van der Waals surface area contributed by atoms with E-state index in [1.165, 1.54) is 11.1 Å². The van der Waals surface area contributed by atoms with Gasteiger partial charge in [0.1, 0.15) is 12.7 Å². The normalized spacial score (nSPS) is 11.2. The van der Waals surface area contributed by atoms with E-state index in [9.17, 15) is 0 Å². The maximum atomic E-state index is 4.56. The Bertz CT molecular complexity index is 1260. The summed E-state index contributed by atoms with van der Waals surface area (Å²) in [5.41, 5.74) is 7.49. The Morgan fingerprint density at radius 1 is 0.786 bits per heavy atom. The molecule has 28 heavy (non-hydrogen) atoms. The predicted octanol–water partition coefficient (Wildman–Crippen LogP) is 4.89. The number of hydrogen-bond donors (Lipinski definition) is 0. The molecule has 2 heterocycles. The molecule has 5 heteroatoms. The van der Waals surface area contributed by atoms with E-state index in [1.54, 1.807) is 6.33 Å². The summed E-state index contributed by atoms with van der Waals surface area (Å²) in [6, 6.07) is 22.7. The molecule has 2 aromatic heterocycles. The number of fused-ring (bicyclic) bond motifs is 1. The van der Waals surface area contributed by atoms with Crippen LogP contribution in [-0.2, 0) is 0 Å². The molecule has 5 rings (SSSR count). The van der Waals surface area contributed by atoms with Crippen LogP contribution in [-0.4, -0.2) is 24.3 Å². The van der Waals surface area contributed by atoms with Crippen LogP contribution in [0.3, 0.4) is 0 Å². The molecule has 3 aromatic carbocycles. The summed E-state index contributed by atoms with van der Waals surface area (Å²) in [5.74, 6) is 0.820. The summed E-state index contributed by atoms with van der Waals surface area (Å²) >= 11 is 0. The minimum atomic E-state index is 0.820. The fraction of sp³-hybridized carbons (Fsp3) is 0.0870. The van der Waals surface area contributed by atoms with Crippen LogP contribution in [0.5, 0.6) is 0 Å². The zero-order chi connectivity index (χ0) is 19.1. The summed E-state index contributed by atoms with van der Waals surface area (Å²) in [6.07, 6.45) is 3.47. The van der Waals surface area contributed by atoms with Crippen molar-refractivity contribution in [2.24, 2.45) is 0 Å². The van der Waals surface area contributed by atoms with Crippen LogP contribution in [0.25, 0.3) is 33.8 Å². The average molecular weight is 365 g/mol. The Kier molecular flexibility index (Phi) is 3.79. The molecule has 0 unspecified atom stereocenters. The largest absolute Gasteiger partial charge is 0.299 e. The van der Waals surface area contributed by atoms with Crippen molar-refractivity contribution in [2.75, 3.05) is 0 Å². The highest BCUT2D eigenvalue weighted by Crippen LogP contribution is 2.28. The van der Waals surface area contributed by atoms with Gasteiger partial charge in [0, 0.05) is 11.3 Å². The molecule has 0 radical (unpaired) electrons. The Hall–Kier alpha value is -3.73. The third-order valence-corrected chi connectivity index (χ3v) is 5.04. The van der Waals surface area contributed by atoms with Crippen molar-refractivity contribution >= 4 is 11.0 Å². The lowest BCUT2D eigenvalue weighted by molar-refractivity contribution is 0.871. The second kappa shape index (κ2) is 6.46. The molecule has 0 atom stereocenters. The quantitative estimate of drug-likeness (QED) is 0.457. The SMILES string of the molecule is Cc1cccc(C)c1-n1ncnc1-c1ccc2ncn(-c3ccccc3)c2c1. The molecular weight excluding hydrogens is 346 g/mol. The van der Waals surface area contributed by atoms with Crippen molar-refractivity contribution in [3.8, 4) is 22.8 Å². The van der Waals surface area contributed by atoms with E-state index in [0.29, 0.717) is 0 Å². The van der Waals surface area contributed by atoms with Crippen molar-refractivity contribution in [1.82, 2.24) is 24.3 Å². The topological polar surface area (TPSA) is 48.5 Å². The molecule has 5 nitrogen and oxygen atoms in total. The first-order valence-electron chi connectivity index (χ1n) is 9.22. The van der Waals surface area contributed by atoms with Gasteiger partial charge in [0.2, 0.25) is 0 Å². The van der Waals surface area contributed by atoms with E-state index in [1.807, 2.05) is 35.3 Å². The van der Waals surface area contributed by atoms with Gasteiger partial charge >= 0.3 is 0 Å². The highest BCUT2D eigenvalue weighted by molar-refractivity contribution is 5.82. The van der Waals surface area contributed by atoms with Crippen LogP contribution in [0.1, 0.15) is 11.1 Å². The first-order chi connectivity index (χ1) is 13.7. The van der Waals surface area contributed by atoms with Crippen molar-refractivity contribution < 1.29 is 0 Å². The third kappa shape index (κ3) is 2.60. The Morgan fingerprint density at radius 2 is 1.57 bits per heavy atom. The van der Waals surface area contributed by atoms with Crippen molar-refractivity contribution in [3.05, 3.63) is 90.5 Å². The van der Waals surface area contributed by atoms with Crippen LogP contribution in [0, 0.1) is 13.8 Å². The summed E-state index contributed by atoms with van der Waals surface area (Å²) in [4.78, 5) is 9.11. The Morgan fingerprint density at radius 3 is 2.36 bits per heavy atom. The van der Waals surface area contributed by atoms with Gasteiger partial charge in [0.15, 0.2) is 5.82 Å². The molecule has 0 aliphatic carbocycles. The molecule has 0 fully saturated rings. The number of nitrogens with zero attached hydrogens (tertiary/aromatic N) is 5. The summed E-state index contributed by atoms with van der Waals surface area (Å²) in [7, 11) is 0. The third-order valence-electron chi connectivity index (χ3n) is 5.04. The minimum absolute atomic E-state index is 0.820. The van der Waals surface area contributed by atoms with Gasteiger partial charge in [0.05, 0.1) is 16.7 Å². The summed E-state index contributed by atoms with van der Waals surface area (Å²) in [6.45, 7) is 4.20. The molecule has 5 aromatic rings. The van der Waals surface area contributed by atoms with Crippen LogP contribution in [0.2, 0.25) is 0 Å². The number of rotatable bonds is 3. The first kappa shape index (κ1) is 16.4. The van der Waals surface area contributed by atoms with E-state index >= 15 is 0 Å². The zero-order valence-corrected chi connectivity index (χ0v) is 15.7. The van der Waals surface area contributed by atoms with Gasteiger partial charge in [-0.1, -0.05) is 36.4 Å². The molecule has 0 aliphatic rings. The lowest BCUT2D eigenvalue weighted by atomic mass is 10.1. The molecule has 136 valence electrons. The fourth-order valence-corrected chi connectivity index (χ4v) is 3.68. The maximum Gasteiger partial charge on any atom is 0.163 e. The number of aromatic nitrogens is 5. The maximum absolute atomic E-state index is 4.56. The van der Waals surface area contributed by atoms with Gasteiger partial charge in [-0.3, -0.25) is 4.57 Å². The highest BCUT2D eigenvalue weighted by Gasteiger charge is 2.15. The minimum Gasteiger partial charge on any atom is -0.299 e. The lowest BCUT2D eigenvalue weighted by Crippen LogP contribution is -2.04. The summed E-state index contributed by atoms with van der Waals surface area (Å²) in [5, 5.41) is 4.52. The molecule has 0 saturated carbocycles. The van der Waals surface area contributed by atoms with Gasteiger partial charge < -0.3 is 0 Å². The van der Waals surface area contributed by atoms with Crippen LogP contribution < -0.4 is 0 Å². The number of aryl methyl sites for hydroxylation is 2. The standard InChI is InChI=1S/C23H19N5/c1-16-7-6-8-17(2)22(16)28-23(24-14-26-28)18-11-12-20-21(13-18)27(15-25-20)19-9-4-3-5-10-19/h3-15H,1-2H3. The average Bonchev–Trinajstić information content (AvgIpc) is 3.35. The monoisotopic (exact) mass is 365 g/mol. The van der Waals surface area contributed by atoms with E-state index in [-0.39, 0.29) is 0 Å². The van der Waals surface area contributed by atoms with Gasteiger partial charge in [-0.25, -0.2) is 14.6 Å². The van der Waals surface area contributed by atoms with E-state index in [0.717, 1.165) is 33.8 Å².